The highest BCUT2D eigenvalue weighted by Crippen LogP contribution is 2.21. The van der Waals surface area contributed by atoms with E-state index in [1.54, 1.807) is 12.5 Å². The van der Waals surface area contributed by atoms with Crippen molar-refractivity contribution in [2.24, 2.45) is 0 Å². The molecule has 0 spiro atoms. The Bertz CT molecular complexity index is 431. The normalized spacial score (nSPS) is 12.8. The van der Waals surface area contributed by atoms with E-state index < -0.39 is 0 Å². The van der Waals surface area contributed by atoms with Crippen molar-refractivity contribution in [3.05, 3.63) is 47.8 Å². The minimum Gasteiger partial charge on any atom is -0.472 e. The van der Waals surface area contributed by atoms with Crippen molar-refractivity contribution in [1.29, 1.82) is 0 Å². The van der Waals surface area contributed by atoms with Crippen LogP contribution in [0.4, 0.5) is 0 Å². The van der Waals surface area contributed by atoms with Gasteiger partial charge in [0, 0.05) is 11.6 Å². The molecule has 2 aromatic rings. The Morgan fingerprint density at radius 1 is 1.35 bits per heavy atom. The summed E-state index contributed by atoms with van der Waals surface area (Å²) in [6.45, 7) is 5.15. The number of furan rings is 2. The van der Waals surface area contributed by atoms with Crippen molar-refractivity contribution < 1.29 is 8.83 Å². The van der Waals surface area contributed by atoms with E-state index in [0.29, 0.717) is 6.04 Å². The highest BCUT2D eigenvalue weighted by atomic mass is 16.3. The average molecular weight is 233 g/mol. The van der Waals surface area contributed by atoms with Crippen LogP contribution in [0.3, 0.4) is 0 Å². The number of aryl methyl sites for hydroxylation is 1. The first-order chi connectivity index (χ1) is 8.29. The molecule has 0 bridgehead atoms. The smallest absolute Gasteiger partial charge is 0.101 e. The molecule has 2 rings (SSSR count). The number of hydrogen-bond donors (Lipinski definition) is 1. The van der Waals surface area contributed by atoms with Crippen LogP contribution in [0.25, 0.3) is 0 Å². The minimum atomic E-state index is 0.296. The molecule has 0 aliphatic rings. The summed E-state index contributed by atoms with van der Waals surface area (Å²) < 4.78 is 10.5. The Morgan fingerprint density at radius 3 is 2.82 bits per heavy atom. The highest BCUT2D eigenvalue weighted by Gasteiger charge is 2.14. The molecule has 2 heterocycles. The second-order valence-corrected chi connectivity index (χ2v) is 4.33. The van der Waals surface area contributed by atoms with Crippen LogP contribution in [0.5, 0.6) is 0 Å². The van der Waals surface area contributed by atoms with Crippen LogP contribution in [0.1, 0.15) is 36.3 Å². The molecule has 2 aromatic heterocycles. The third-order valence-corrected chi connectivity index (χ3v) is 2.81. The van der Waals surface area contributed by atoms with E-state index in [1.165, 1.54) is 11.1 Å². The molecular formula is C14H19NO2. The van der Waals surface area contributed by atoms with Crippen molar-refractivity contribution in [2.45, 2.75) is 32.7 Å². The molecule has 0 saturated carbocycles. The third kappa shape index (κ3) is 3.24. The maximum absolute atomic E-state index is 5.38. The molecule has 0 fully saturated rings. The summed E-state index contributed by atoms with van der Waals surface area (Å²) >= 11 is 0. The van der Waals surface area contributed by atoms with E-state index in [0.717, 1.165) is 25.1 Å². The van der Waals surface area contributed by atoms with Crippen LogP contribution < -0.4 is 5.32 Å². The molecule has 0 aliphatic carbocycles. The van der Waals surface area contributed by atoms with E-state index in [-0.39, 0.29) is 0 Å². The van der Waals surface area contributed by atoms with Gasteiger partial charge in [-0.3, -0.25) is 0 Å². The number of rotatable bonds is 6. The van der Waals surface area contributed by atoms with Gasteiger partial charge in [0.05, 0.1) is 18.8 Å². The summed E-state index contributed by atoms with van der Waals surface area (Å²) in [4.78, 5) is 0. The van der Waals surface area contributed by atoms with Crippen molar-refractivity contribution in [1.82, 2.24) is 5.32 Å². The van der Waals surface area contributed by atoms with Gasteiger partial charge in [-0.05, 0) is 44.0 Å². The standard InChI is InChI=1S/C14H19NO2/c1-3-5-15-14(8-12-4-6-16-9-12)13-7-11(2)17-10-13/h4,6-7,9-10,14-15H,3,5,8H2,1-2H3. The topological polar surface area (TPSA) is 38.3 Å². The maximum atomic E-state index is 5.38. The van der Waals surface area contributed by atoms with Gasteiger partial charge in [0.1, 0.15) is 5.76 Å². The predicted molar refractivity (Wildman–Crippen MR) is 66.9 cm³/mol. The fourth-order valence-electron chi connectivity index (χ4n) is 1.92. The molecule has 17 heavy (non-hydrogen) atoms. The van der Waals surface area contributed by atoms with Crippen molar-refractivity contribution >= 4 is 0 Å². The summed E-state index contributed by atoms with van der Waals surface area (Å²) in [5.74, 6) is 0.954. The molecule has 0 saturated heterocycles. The fraction of sp³-hybridized carbons (Fsp3) is 0.429. The summed E-state index contributed by atoms with van der Waals surface area (Å²) in [5, 5.41) is 3.54. The van der Waals surface area contributed by atoms with Gasteiger partial charge in [0.25, 0.3) is 0 Å². The quantitative estimate of drug-likeness (QED) is 0.830. The van der Waals surface area contributed by atoms with Crippen LogP contribution in [-0.4, -0.2) is 6.54 Å². The lowest BCUT2D eigenvalue weighted by Gasteiger charge is -2.15. The molecule has 0 radical (unpaired) electrons. The summed E-state index contributed by atoms with van der Waals surface area (Å²) in [6, 6.07) is 4.39. The monoisotopic (exact) mass is 233 g/mol. The molecule has 0 aliphatic heterocycles. The molecule has 1 N–H and O–H groups in total. The van der Waals surface area contributed by atoms with Crippen LogP contribution in [0, 0.1) is 6.92 Å². The molecule has 92 valence electrons. The Morgan fingerprint density at radius 2 is 2.24 bits per heavy atom. The van der Waals surface area contributed by atoms with E-state index in [1.807, 2.05) is 19.3 Å². The Hall–Kier alpha value is -1.48. The SMILES string of the molecule is CCCNC(Cc1ccoc1)c1coc(C)c1. The van der Waals surface area contributed by atoms with Gasteiger partial charge >= 0.3 is 0 Å². The molecule has 0 amide bonds. The predicted octanol–water partition coefficient (Wildman–Crippen LogP) is 3.46. The summed E-state index contributed by atoms with van der Waals surface area (Å²) in [6.07, 6.45) is 7.40. The first-order valence-corrected chi connectivity index (χ1v) is 6.09. The average Bonchev–Trinajstić information content (AvgIpc) is 2.95. The van der Waals surface area contributed by atoms with Gasteiger partial charge in [-0.1, -0.05) is 6.92 Å². The second-order valence-electron chi connectivity index (χ2n) is 4.33. The van der Waals surface area contributed by atoms with Gasteiger partial charge in [-0.25, -0.2) is 0 Å². The lowest BCUT2D eigenvalue weighted by molar-refractivity contribution is 0.500. The lowest BCUT2D eigenvalue weighted by atomic mass is 10.0. The van der Waals surface area contributed by atoms with Crippen LogP contribution >= 0.6 is 0 Å². The van der Waals surface area contributed by atoms with Crippen molar-refractivity contribution in [2.75, 3.05) is 6.54 Å². The molecule has 0 aromatic carbocycles. The van der Waals surface area contributed by atoms with Crippen LogP contribution in [-0.2, 0) is 6.42 Å². The molecular weight excluding hydrogens is 214 g/mol. The second kappa shape index (κ2) is 5.73. The van der Waals surface area contributed by atoms with Gasteiger partial charge in [-0.15, -0.1) is 0 Å². The van der Waals surface area contributed by atoms with Gasteiger partial charge in [-0.2, -0.15) is 0 Å². The lowest BCUT2D eigenvalue weighted by Crippen LogP contribution is -2.23. The summed E-state index contributed by atoms with van der Waals surface area (Å²) in [5.41, 5.74) is 2.41. The zero-order chi connectivity index (χ0) is 12.1. The number of nitrogens with one attached hydrogen (secondary N) is 1. The van der Waals surface area contributed by atoms with Crippen LogP contribution in [0.15, 0.2) is 39.8 Å². The van der Waals surface area contributed by atoms with E-state index in [9.17, 15) is 0 Å². The number of hydrogen-bond acceptors (Lipinski definition) is 3. The first-order valence-electron chi connectivity index (χ1n) is 6.09. The van der Waals surface area contributed by atoms with E-state index in [4.69, 9.17) is 8.83 Å². The van der Waals surface area contributed by atoms with E-state index >= 15 is 0 Å². The zero-order valence-electron chi connectivity index (χ0n) is 10.4. The molecule has 3 heteroatoms. The largest absolute Gasteiger partial charge is 0.472 e. The molecule has 1 unspecified atom stereocenters. The Kier molecular flexibility index (Phi) is 4.04. The van der Waals surface area contributed by atoms with Gasteiger partial charge in [0.2, 0.25) is 0 Å². The van der Waals surface area contributed by atoms with Gasteiger partial charge < -0.3 is 14.2 Å². The van der Waals surface area contributed by atoms with Crippen LogP contribution in [0.2, 0.25) is 0 Å². The fourth-order valence-corrected chi connectivity index (χ4v) is 1.92. The first kappa shape index (κ1) is 12.0. The highest BCUT2D eigenvalue weighted by molar-refractivity contribution is 5.20. The third-order valence-electron chi connectivity index (χ3n) is 2.81. The zero-order valence-corrected chi connectivity index (χ0v) is 10.4. The molecule has 1 atom stereocenters. The van der Waals surface area contributed by atoms with E-state index in [2.05, 4.69) is 18.3 Å². The maximum Gasteiger partial charge on any atom is 0.101 e. The van der Waals surface area contributed by atoms with Crippen molar-refractivity contribution in [3.63, 3.8) is 0 Å². The molecule has 3 nitrogen and oxygen atoms in total. The Balaban J connectivity index is 2.07. The Labute approximate surface area is 102 Å². The van der Waals surface area contributed by atoms with Crippen molar-refractivity contribution in [3.8, 4) is 0 Å². The van der Waals surface area contributed by atoms with Gasteiger partial charge in [0.15, 0.2) is 0 Å². The minimum absolute atomic E-state index is 0.296. The summed E-state index contributed by atoms with van der Waals surface area (Å²) in [7, 11) is 0.